The molecule has 0 aromatic heterocycles. The van der Waals surface area contributed by atoms with Crippen LogP contribution in [0.25, 0.3) is 0 Å². The molecule has 2 N–H and O–H groups in total. The highest BCUT2D eigenvalue weighted by molar-refractivity contribution is 7.87. The molecule has 5 nitrogen and oxygen atoms in total. The van der Waals surface area contributed by atoms with E-state index in [0.29, 0.717) is 19.6 Å². The van der Waals surface area contributed by atoms with E-state index in [1.165, 1.54) is 4.31 Å². The molecule has 0 saturated carbocycles. The van der Waals surface area contributed by atoms with Gasteiger partial charge >= 0.3 is 0 Å². The van der Waals surface area contributed by atoms with E-state index in [0.717, 1.165) is 19.3 Å². The van der Waals surface area contributed by atoms with E-state index in [-0.39, 0.29) is 17.9 Å². The van der Waals surface area contributed by atoms with Crippen molar-refractivity contribution >= 4 is 10.2 Å². The summed E-state index contributed by atoms with van der Waals surface area (Å²) in [6, 6.07) is 0. The lowest BCUT2D eigenvalue weighted by atomic mass is 9.93. The van der Waals surface area contributed by atoms with Gasteiger partial charge in [0.15, 0.2) is 0 Å². The second kappa shape index (κ2) is 6.32. The first kappa shape index (κ1) is 15.9. The fraction of sp³-hybridized carbons (Fsp3) is 1.00. The molecule has 0 radical (unpaired) electrons. The van der Waals surface area contributed by atoms with E-state index < -0.39 is 10.2 Å². The smallest absolute Gasteiger partial charge is 0.279 e. The topological polar surface area (TPSA) is 69.6 Å². The Balaban J connectivity index is 2.47. The molecule has 0 amide bonds. The van der Waals surface area contributed by atoms with Crippen LogP contribution < -0.4 is 4.72 Å². The van der Waals surface area contributed by atoms with E-state index >= 15 is 0 Å². The molecule has 1 unspecified atom stereocenters. The molecule has 1 atom stereocenters. The zero-order chi connectivity index (χ0) is 13.8. The number of rotatable bonds is 5. The average molecular weight is 278 g/mol. The van der Waals surface area contributed by atoms with Gasteiger partial charge in [0.2, 0.25) is 0 Å². The van der Waals surface area contributed by atoms with Crippen molar-refractivity contribution in [3.05, 3.63) is 0 Å². The van der Waals surface area contributed by atoms with Gasteiger partial charge < -0.3 is 5.11 Å². The summed E-state index contributed by atoms with van der Waals surface area (Å²) in [5.74, 6) is 0.0814. The van der Waals surface area contributed by atoms with E-state index in [1.807, 2.05) is 0 Å². The fourth-order valence-electron chi connectivity index (χ4n) is 2.04. The molecule has 6 heteroatoms. The largest absolute Gasteiger partial charge is 0.396 e. The standard InChI is InChI=1S/C12H26N2O3S/c1-12(2,3)6-7-13-18(16,17)14-8-4-5-11(9-14)10-15/h11,13,15H,4-10H2,1-3H3. The molecular formula is C12H26N2O3S. The van der Waals surface area contributed by atoms with Crippen LogP contribution in [-0.2, 0) is 10.2 Å². The third-order valence-corrected chi connectivity index (χ3v) is 4.82. The van der Waals surface area contributed by atoms with Gasteiger partial charge in [-0.25, -0.2) is 4.72 Å². The number of nitrogens with one attached hydrogen (secondary N) is 1. The van der Waals surface area contributed by atoms with Gasteiger partial charge in [-0.3, -0.25) is 0 Å². The summed E-state index contributed by atoms with van der Waals surface area (Å²) in [6.07, 6.45) is 2.54. The monoisotopic (exact) mass is 278 g/mol. The van der Waals surface area contributed by atoms with Crippen molar-refractivity contribution in [1.29, 1.82) is 0 Å². The lowest BCUT2D eigenvalue weighted by Gasteiger charge is -2.31. The maximum Gasteiger partial charge on any atom is 0.279 e. The number of hydrogen-bond acceptors (Lipinski definition) is 3. The third-order valence-electron chi connectivity index (χ3n) is 3.24. The quantitative estimate of drug-likeness (QED) is 0.787. The highest BCUT2D eigenvalue weighted by Crippen LogP contribution is 2.19. The molecule has 1 heterocycles. The summed E-state index contributed by atoms with van der Waals surface area (Å²) in [4.78, 5) is 0. The van der Waals surface area contributed by atoms with Gasteiger partial charge in [0.1, 0.15) is 0 Å². The molecule has 1 saturated heterocycles. The highest BCUT2D eigenvalue weighted by atomic mass is 32.2. The van der Waals surface area contributed by atoms with Gasteiger partial charge in [-0.1, -0.05) is 20.8 Å². The number of aliphatic hydroxyl groups is 1. The van der Waals surface area contributed by atoms with Gasteiger partial charge in [0, 0.05) is 26.2 Å². The molecule has 0 spiro atoms. The van der Waals surface area contributed by atoms with Crippen LogP contribution in [0.2, 0.25) is 0 Å². The Kier molecular flexibility index (Phi) is 5.58. The zero-order valence-electron chi connectivity index (χ0n) is 11.6. The summed E-state index contributed by atoms with van der Waals surface area (Å²) < 4.78 is 28.2. The lowest BCUT2D eigenvalue weighted by molar-refractivity contribution is 0.164. The molecule has 1 fully saturated rings. The molecule has 0 aromatic rings. The first-order valence-electron chi connectivity index (χ1n) is 6.60. The Morgan fingerprint density at radius 3 is 2.61 bits per heavy atom. The SMILES string of the molecule is CC(C)(C)CCNS(=O)(=O)N1CCCC(CO)C1. The van der Waals surface area contributed by atoms with Crippen LogP contribution in [0.15, 0.2) is 0 Å². The van der Waals surface area contributed by atoms with E-state index in [1.54, 1.807) is 0 Å². The average Bonchev–Trinajstić information content (AvgIpc) is 2.27. The van der Waals surface area contributed by atoms with Crippen LogP contribution >= 0.6 is 0 Å². The Morgan fingerprint density at radius 1 is 1.39 bits per heavy atom. The summed E-state index contributed by atoms with van der Waals surface area (Å²) in [7, 11) is -3.38. The molecule has 0 bridgehead atoms. The van der Waals surface area contributed by atoms with Gasteiger partial charge in [0.05, 0.1) is 0 Å². The van der Waals surface area contributed by atoms with Gasteiger partial charge in [0.25, 0.3) is 10.2 Å². The maximum atomic E-state index is 12.1. The predicted molar refractivity (Wildman–Crippen MR) is 72.4 cm³/mol. The van der Waals surface area contributed by atoms with E-state index in [9.17, 15) is 8.42 Å². The normalized spacial score (nSPS) is 23.2. The number of piperidine rings is 1. The molecule has 0 aliphatic carbocycles. The van der Waals surface area contributed by atoms with E-state index in [4.69, 9.17) is 5.11 Å². The molecular weight excluding hydrogens is 252 g/mol. The summed E-state index contributed by atoms with van der Waals surface area (Å²) >= 11 is 0. The first-order valence-corrected chi connectivity index (χ1v) is 8.04. The summed E-state index contributed by atoms with van der Waals surface area (Å²) in [5, 5.41) is 9.12. The van der Waals surface area contributed by atoms with Crippen molar-refractivity contribution in [1.82, 2.24) is 9.03 Å². The maximum absolute atomic E-state index is 12.1. The van der Waals surface area contributed by atoms with Crippen LogP contribution in [0, 0.1) is 11.3 Å². The van der Waals surface area contributed by atoms with Crippen molar-refractivity contribution in [3.63, 3.8) is 0 Å². The van der Waals surface area contributed by atoms with Gasteiger partial charge in [-0.15, -0.1) is 0 Å². The zero-order valence-corrected chi connectivity index (χ0v) is 12.5. The molecule has 0 aromatic carbocycles. The van der Waals surface area contributed by atoms with Crippen LogP contribution in [0.5, 0.6) is 0 Å². The van der Waals surface area contributed by atoms with Crippen LogP contribution in [0.1, 0.15) is 40.0 Å². The number of hydrogen-bond donors (Lipinski definition) is 2. The Labute approximate surface area is 111 Å². The van der Waals surface area contributed by atoms with Crippen molar-refractivity contribution in [2.24, 2.45) is 11.3 Å². The predicted octanol–water partition coefficient (Wildman–Crippen LogP) is 0.961. The van der Waals surface area contributed by atoms with Crippen molar-refractivity contribution < 1.29 is 13.5 Å². The number of aliphatic hydroxyl groups excluding tert-OH is 1. The Bertz CT molecular complexity index is 349. The molecule has 1 aliphatic rings. The second-order valence-electron chi connectivity index (χ2n) is 6.26. The van der Waals surface area contributed by atoms with Crippen molar-refractivity contribution in [3.8, 4) is 0 Å². The molecule has 108 valence electrons. The second-order valence-corrected chi connectivity index (χ2v) is 8.01. The lowest BCUT2D eigenvalue weighted by Crippen LogP contribution is -2.47. The number of nitrogens with zero attached hydrogens (tertiary/aromatic N) is 1. The first-order chi connectivity index (χ1) is 8.24. The summed E-state index contributed by atoms with van der Waals surface area (Å²) in [6.45, 7) is 7.78. The Hall–Kier alpha value is -0.170. The summed E-state index contributed by atoms with van der Waals surface area (Å²) in [5.41, 5.74) is 0.123. The molecule has 18 heavy (non-hydrogen) atoms. The minimum atomic E-state index is -3.38. The van der Waals surface area contributed by atoms with Crippen LogP contribution in [-0.4, -0.2) is 44.1 Å². The minimum Gasteiger partial charge on any atom is -0.396 e. The van der Waals surface area contributed by atoms with Crippen molar-refractivity contribution in [2.75, 3.05) is 26.2 Å². The van der Waals surface area contributed by atoms with Crippen LogP contribution in [0.3, 0.4) is 0 Å². The van der Waals surface area contributed by atoms with Gasteiger partial charge in [-0.2, -0.15) is 12.7 Å². The highest BCUT2D eigenvalue weighted by Gasteiger charge is 2.28. The third kappa shape index (κ3) is 5.22. The van der Waals surface area contributed by atoms with Crippen LogP contribution in [0.4, 0.5) is 0 Å². The Morgan fingerprint density at radius 2 is 2.06 bits per heavy atom. The molecule has 1 aliphatic heterocycles. The van der Waals surface area contributed by atoms with Crippen molar-refractivity contribution in [2.45, 2.75) is 40.0 Å². The fourth-order valence-corrected chi connectivity index (χ4v) is 3.36. The minimum absolute atomic E-state index is 0.0635. The van der Waals surface area contributed by atoms with E-state index in [2.05, 4.69) is 25.5 Å². The molecule has 1 rings (SSSR count). The van der Waals surface area contributed by atoms with Gasteiger partial charge in [-0.05, 0) is 30.6 Å².